The zero-order valence-corrected chi connectivity index (χ0v) is 20.8. The summed E-state index contributed by atoms with van der Waals surface area (Å²) >= 11 is 1.66. The Morgan fingerprint density at radius 2 is 2.06 bits per heavy atom. The van der Waals surface area contributed by atoms with Gasteiger partial charge in [0.15, 0.2) is 17.3 Å². The number of phenolic OH excluding ortho intramolecular Hbond substituents is 1. The number of hydrogen-bond donors (Lipinski definition) is 2. The van der Waals surface area contributed by atoms with E-state index in [2.05, 4.69) is 11.4 Å². The Labute approximate surface area is 204 Å². The molecule has 0 saturated heterocycles. The van der Waals surface area contributed by atoms with Crippen molar-refractivity contribution in [3.8, 4) is 11.5 Å². The number of aromatic hydroxyl groups is 1. The quantitative estimate of drug-likeness (QED) is 0.514. The molecule has 180 valence electrons. The van der Waals surface area contributed by atoms with Crippen molar-refractivity contribution in [2.45, 2.75) is 52.4 Å². The number of nitrogens with one attached hydrogen (secondary N) is 1. The van der Waals surface area contributed by atoms with Gasteiger partial charge >= 0.3 is 5.97 Å². The summed E-state index contributed by atoms with van der Waals surface area (Å²) in [7, 11) is 0. The van der Waals surface area contributed by atoms with E-state index in [1.165, 1.54) is 4.88 Å². The molecule has 0 saturated carbocycles. The van der Waals surface area contributed by atoms with Gasteiger partial charge in [-0.25, -0.2) is 4.79 Å². The fourth-order valence-electron chi connectivity index (χ4n) is 4.67. The highest BCUT2D eigenvalue weighted by Crippen LogP contribution is 2.47. The first-order chi connectivity index (χ1) is 16.3. The van der Waals surface area contributed by atoms with Gasteiger partial charge in [0.2, 0.25) is 0 Å². The summed E-state index contributed by atoms with van der Waals surface area (Å²) in [5.41, 5.74) is 3.28. The van der Waals surface area contributed by atoms with Crippen molar-refractivity contribution in [2.24, 2.45) is 5.92 Å². The SMILES string of the molecule is CCOc1cc([C@H]2C(C(=O)OCC(C)C)=C(C)NC3=C2C(=O)C[C@@H](c2cccs2)C3)ccc1O. The normalized spacial score (nSPS) is 20.3. The second-order valence-corrected chi connectivity index (χ2v) is 10.2. The maximum absolute atomic E-state index is 13.6. The number of thiophene rings is 1. The van der Waals surface area contributed by atoms with Crippen LogP contribution in [0, 0.1) is 5.92 Å². The summed E-state index contributed by atoms with van der Waals surface area (Å²) < 4.78 is 11.2. The fraction of sp³-hybridized carbons (Fsp3) is 0.407. The molecular formula is C27H31NO5S. The number of dihydropyridines is 1. The molecule has 0 unspecified atom stereocenters. The highest BCUT2D eigenvalue weighted by atomic mass is 32.1. The molecule has 34 heavy (non-hydrogen) atoms. The first kappa shape index (κ1) is 24.1. The Morgan fingerprint density at radius 1 is 1.26 bits per heavy atom. The Balaban J connectivity index is 1.80. The minimum Gasteiger partial charge on any atom is -0.504 e. The number of rotatable bonds is 7. The zero-order chi connectivity index (χ0) is 24.4. The zero-order valence-electron chi connectivity index (χ0n) is 20.0. The summed E-state index contributed by atoms with van der Waals surface area (Å²) in [5.74, 6) is -0.359. The van der Waals surface area contributed by atoms with E-state index in [0.717, 1.165) is 5.70 Å². The predicted molar refractivity (Wildman–Crippen MR) is 132 cm³/mol. The van der Waals surface area contributed by atoms with Crippen molar-refractivity contribution < 1.29 is 24.2 Å². The Kier molecular flexibility index (Phi) is 7.12. The number of hydrogen-bond acceptors (Lipinski definition) is 7. The molecule has 0 bridgehead atoms. The molecule has 0 radical (unpaired) electrons. The van der Waals surface area contributed by atoms with Gasteiger partial charge in [0, 0.05) is 40.1 Å². The Morgan fingerprint density at radius 3 is 2.74 bits per heavy atom. The van der Waals surface area contributed by atoms with E-state index in [-0.39, 0.29) is 23.4 Å². The summed E-state index contributed by atoms with van der Waals surface area (Å²) in [6.45, 7) is 8.33. The average molecular weight is 482 g/mol. The van der Waals surface area contributed by atoms with Crippen LogP contribution in [0.25, 0.3) is 0 Å². The molecule has 7 heteroatoms. The molecular weight excluding hydrogens is 450 g/mol. The van der Waals surface area contributed by atoms with Gasteiger partial charge in [-0.3, -0.25) is 4.79 Å². The van der Waals surface area contributed by atoms with E-state index in [4.69, 9.17) is 9.47 Å². The summed E-state index contributed by atoms with van der Waals surface area (Å²) in [4.78, 5) is 28.0. The van der Waals surface area contributed by atoms with Crippen LogP contribution in [0.4, 0.5) is 0 Å². The summed E-state index contributed by atoms with van der Waals surface area (Å²) in [6, 6.07) is 9.10. The molecule has 1 aliphatic carbocycles. The van der Waals surface area contributed by atoms with Crippen molar-refractivity contribution in [3.05, 3.63) is 68.7 Å². The van der Waals surface area contributed by atoms with Crippen LogP contribution in [-0.4, -0.2) is 30.1 Å². The lowest BCUT2D eigenvalue weighted by molar-refractivity contribution is -0.140. The minimum atomic E-state index is -0.590. The van der Waals surface area contributed by atoms with Crippen LogP contribution in [0.15, 0.2) is 58.3 Å². The van der Waals surface area contributed by atoms with E-state index in [1.54, 1.807) is 29.5 Å². The molecule has 2 aromatic rings. The van der Waals surface area contributed by atoms with Crippen molar-refractivity contribution >= 4 is 23.1 Å². The second-order valence-electron chi connectivity index (χ2n) is 9.19. The first-order valence-corrected chi connectivity index (χ1v) is 12.6. The number of carbonyl (C=O) groups is 2. The number of phenols is 1. The van der Waals surface area contributed by atoms with Crippen LogP contribution in [0.5, 0.6) is 11.5 Å². The maximum Gasteiger partial charge on any atom is 0.336 e. The lowest BCUT2D eigenvalue weighted by Crippen LogP contribution is -2.36. The van der Waals surface area contributed by atoms with Gasteiger partial charge in [0.05, 0.1) is 18.8 Å². The summed E-state index contributed by atoms with van der Waals surface area (Å²) in [5, 5.41) is 15.6. The molecule has 2 aliphatic rings. The molecule has 0 amide bonds. The van der Waals surface area contributed by atoms with E-state index < -0.39 is 11.9 Å². The predicted octanol–water partition coefficient (Wildman–Crippen LogP) is 5.41. The van der Waals surface area contributed by atoms with Gasteiger partial charge in [0.25, 0.3) is 0 Å². The average Bonchev–Trinajstić information content (AvgIpc) is 3.33. The standard InChI is InChI=1S/C27H31NO5S/c1-5-32-22-13-17(8-9-20(22)29)25-24(27(31)33-14-15(2)3)16(4)28-19-11-18(12-21(30)26(19)25)23-7-6-10-34-23/h6-10,13,15,18,25,28-29H,5,11-12,14H2,1-4H3/t18-,25-/m0/s1. The number of ether oxygens (including phenoxy) is 2. The first-order valence-electron chi connectivity index (χ1n) is 11.7. The molecule has 2 heterocycles. The fourth-order valence-corrected chi connectivity index (χ4v) is 5.50. The monoisotopic (exact) mass is 481 g/mol. The number of esters is 1. The van der Waals surface area contributed by atoms with E-state index in [1.807, 2.05) is 39.1 Å². The van der Waals surface area contributed by atoms with Gasteiger partial charge in [-0.2, -0.15) is 0 Å². The largest absolute Gasteiger partial charge is 0.504 e. The van der Waals surface area contributed by atoms with Crippen LogP contribution in [0.3, 0.4) is 0 Å². The van der Waals surface area contributed by atoms with Crippen molar-refractivity contribution in [3.63, 3.8) is 0 Å². The number of Topliss-reactive ketones (excluding diaryl/α,β-unsaturated/α-hetero) is 1. The third-order valence-corrected chi connectivity index (χ3v) is 7.19. The van der Waals surface area contributed by atoms with Crippen LogP contribution in [0.1, 0.15) is 62.8 Å². The maximum atomic E-state index is 13.6. The van der Waals surface area contributed by atoms with E-state index >= 15 is 0 Å². The van der Waals surface area contributed by atoms with Gasteiger partial charge in [-0.05, 0) is 55.3 Å². The Bertz CT molecular complexity index is 1150. The number of benzene rings is 1. The molecule has 2 N–H and O–H groups in total. The van der Waals surface area contributed by atoms with E-state index in [0.29, 0.717) is 54.2 Å². The molecule has 6 nitrogen and oxygen atoms in total. The van der Waals surface area contributed by atoms with Crippen molar-refractivity contribution in [1.29, 1.82) is 0 Å². The number of carbonyl (C=O) groups excluding carboxylic acids is 2. The highest BCUT2D eigenvalue weighted by molar-refractivity contribution is 7.10. The molecule has 0 spiro atoms. The molecule has 0 fully saturated rings. The van der Waals surface area contributed by atoms with Crippen molar-refractivity contribution in [2.75, 3.05) is 13.2 Å². The van der Waals surface area contributed by atoms with Gasteiger partial charge < -0.3 is 19.9 Å². The van der Waals surface area contributed by atoms with Crippen LogP contribution >= 0.6 is 11.3 Å². The number of ketones is 1. The minimum absolute atomic E-state index is 0.0184. The van der Waals surface area contributed by atoms with Crippen molar-refractivity contribution in [1.82, 2.24) is 5.32 Å². The van der Waals surface area contributed by atoms with Crippen LogP contribution < -0.4 is 10.1 Å². The third kappa shape index (κ3) is 4.75. The summed E-state index contributed by atoms with van der Waals surface area (Å²) in [6.07, 6.45) is 1.08. The molecule has 1 aliphatic heterocycles. The van der Waals surface area contributed by atoms with E-state index in [9.17, 15) is 14.7 Å². The molecule has 1 aromatic heterocycles. The highest BCUT2D eigenvalue weighted by Gasteiger charge is 2.41. The molecule has 1 aromatic carbocycles. The molecule has 2 atom stereocenters. The molecule has 4 rings (SSSR count). The number of allylic oxidation sites excluding steroid dienone is 3. The lowest BCUT2D eigenvalue weighted by atomic mass is 9.72. The van der Waals surface area contributed by atoms with Crippen LogP contribution in [0.2, 0.25) is 0 Å². The topological polar surface area (TPSA) is 84.9 Å². The van der Waals surface area contributed by atoms with Gasteiger partial charge in [-0.15, -0.1) is 11.3 Å². The lowest BCUT2D eigenvalue weighted by Gasteiger charge is -2.36. The van der Waals surface area contributed by atoms with Gasteiger partial charge in [-0.1, -0.05) is 26.0 Å². The van der Waals surface area contributed by atoms with Gasteiger partial charge in [0.1, 0.15) is 0 Å². The third-order valence-electron chi connectivity index (χ3n) is 6.16. The smallest absolute Gasteiger partial charge is 0.336 e. The van der Waals surface area contributed by atoms with Crippen LogP contribution in [-0.2, 0) is 14.3 Å². The Hall–Kier alpha value is -3.06. The second kappa shape index (κ2) is 10.1.